The standard InChI is InChI=1S/C19H28O5/c1-10(2)18(21)24-17-15(11(3)7-6-8-20)12(4)9-14-16(17)13(5)19(22)23-14/h10-11,14,16-17,20H,5-9H2,1-4H3/t11-,14+,16+,17+/m1/s1. The molecule has 2 rings (SSSR count). The summed E-state index contributed by atoms with van der Waals surface area (Å²) in [6.07, 6.45) is 1.32. The minimum Gasteiger partial charge on any atom is -0.458 e. The van der Waals surface area contributed by atoms with E-state index in [1.165, 1.54) is 0 Å². The first-order valence-electron chi connectivity index (χ1n) is 8.68. The molecule has 5 heteroatoms. The van der Waals surface area contributed by atoms with E-state index < -0.39 is 12.1 Å². The predicted octanol–water partition coefficient (Wildman–Crippen LogP) is 2.78. The van der Waals surface area contributed by atoms with Gasteiger partial charge in [-0.05, 0) is 31.3 Å². The van der Waals surface area contributed by atoms with Gasteiger partial charge < -0.3 is 14.6 Å². The molecule has 0 aromatic rings. The number of carbonyl (C=O) groups excluding carboxylic acids is 2. The number of hydrogen-bond donors (Lipinski definition) is 1. The van der Waals surface area contributed by atoms with Crippen LogP contribution in [-0.2, 0) is 19.1 Å². The molecule has 0 bridgehead atoms. The molecule has 0 unspecified atom stereocenters. The molecule has 2 aliphatic rings. The van der Waals surface area contributed by atoms with Gasteiger partial charge >= 0.3 is 11.9 Å². The lowest BCUT2D eigenvalue weighted by Gasteiger charge is -2.37. The van der Waals surface area contributed by atoms with E-state index in [9.17, 15) is 9.59 Å². The third kappa shape index (κ3) is 3.56. The van der Waals surface area contributed by atoms with Gasteiger partial charge in [0.1, 0.15) is 12.2 Å². The Morgan fingerprint density at radius 1 is 1.42 bits per heavy atom. The molecular formula is C19H28O5. The molecule has 1 heterocycles. The highest BCUT2D eigenvalue weighted by atomic mass is 16.6. The third-order valence-corrected chi connectivity index (χ3v) is 5.00. The van der Waals surface area contributed by atoms with Crippen molar-refractivity contribution in [1.82, 2.24) is 0 Å². The lowest BCUT2D eigenvalue weighted by molar-refractivity contribution is -0.155. The molecule has 0 amide bonds. The number of fused-ring (bicyclic) bond motifs is 1. The molecule has 0 aromatic heterocycles. The van der Waals surface area contributed by atoms with Gasteiger partial charge in [-0.25, -0.2) is 4.79 Å². The number of rotatable bonds is 6. The van der Waals surface area contributed by atoms with Gasteiger partial charge in [-0.15, -0.1) is 0 Å². The first kappa shape index (κ1) is 18.7. The lowest BCUT2D eigenvalue weighted by Crippen LogP contribution is -2.41. The summed E-state index contributed by atoms with van der Waals surface area (Å²) in [4.78, 5) is 24.2. The summed E-state index contributed by atoms with van der Waals surface area (Å²) >= 11 is 0. The molecular weight excluding hydrogens is 308 g/mol. The predicted molar refractivity (Wildman–Crippen MR) is 90.0 cm³/mol. The number of esters is 2. The monoisotopic (exact) mass is 336 g/mol. The van der Waals surface area contributed by atoms with Gasteiger partial charge in [-0.1, -0.05) is 32.9 Å². The van der Waals surface area contributed by atoms with E-state index >= 15 is 0 Å². The zero-order valence-corrected chi connectivity index (χ0v) is 15.0. The summed E-state index contributed by atoms with van der Waals surface area (Å²) in [7, 11) is 0. The zero-order valence-electron chi connectivity index (χ0n) is 15.0. The maximum Gasteiger partial charge on any atom is 0.334 e. The minimum absolute atomic E-state index is 0.132. The summed E-state index contributed by atoms with van der Waals surface area (Å²) in [6, 6.07) is 0. The van der Waals surface area contributed by atoms with Gasteiger partial charge in [0.2, 0.25) is 0 Å². The second kappa shape index (κ2) is 7.51. The van der Waals surface area contributed by atoms with Crippen LogP contribution in [0, 0.1) is 17.8 Å². The second-order valence-electron chi connectivity index (χ2n) is 7.21. The van der Waals surface area contributed by atoms with Crippen LogP contribution in [-0.4, -0.2) is 35.9 Å². The molecule has 1 saturated heterocycles. The highest BCUT2D eigenvalue weighted by Gasteiger charge is 2.50. The van der Waals surface area contributed by atoms with E-state index in [2.05, 4.69) is 13.5 Å². The average Bonchev–Trinajstić information content (AvgIpc) is 2.79. The fourth-order valence-corrected chi connectivity index (χ4v) is 3.70. The molecule has 24 heavy (non-hydrogen) atoms. The van der Waals surface area contributed by atoms with Gasteiger partial charge in [0.25, 0.3) is 0 Å². The van der Waals surface area contributed by atoms with Crippen molar-refractivity contribution in [2.24, 2.45) is 17.8 Å². The molecule has 0 radical (unpaired) electrons. The summed E-state index contributed by atoms with van der Waals surface area (Å²) in [5.41, 5.74) is 2.55. The zero-order chi connectivity index (χ0) is 18.0. The van der Waals surface area contributed by atoms with Crippen LogP contribution in [0.4, 0.5) is 0 Å². The van der Waals surface area contributed by atoms with Crippen molar-refractivity contribution < 1.29 is 24.2 Å². The van der Waals surface area contributed by atoms with E-state index in [-0.39, 0.29) is 36.4 Å². The summed E-state index contributed by atoms with van der Waals surface area (Å²) < 4.78 is 11.2. The Morgan fingerprint density at radius 3 is 2.67 bits per heavy atom. The summed E-state index contributed by atoms with van der Waals surface area (Å²) in [6.45, 7) is 11.7. The number of ether oxygens (including phenoxy) is 2. The summed E-state index contributed by atoms with van der Waals surface area (Å²) in [5, 5.41) is 9.11. The topological polar surface area (TPSA) is 72.8 Å². The molecule has 1 aliphatic carbocycles. The Morgan fingerprint density at radius 2 is 2.08 bits per heavy atom. The van der Waals surface area contributed by atoms with Crippen LogP contribution in [0.5, 0.6) is 0 Å². The third-order valence-electron chi connectivity index (χ3n) is 5.00. The van der Waals surface area contributed by atoms with Gasteiger partial charge in [0, 0.05) is 18.6 Å². The lowest BCUT2D eigenvalue weighted by atomic mass is 9.73. The smallest absolute Gasteiger partial charge is 0.334 e. The SMILES string of the molecule is C=C1C(=O)O[C@H]2CC(C)=C([C@H](C)CCCO)[C@H](OC(=O)C(C)C)[C@@H]12. The molecule has 1 N–H and O–H groups in total. The Balaban J connectivity index is 2.36. The van der Waals surface area contributed by atoms with E-state index in [1.54, 1.807) is 13.8 Å². The maximum atomic E-state index is 12.2. The molecule has 4 atom stereocenters. The number of aliphatic hydroxyl groups is 1. The van der Waals surface area contributed by atoms with Crippen LogP contribution in [0.15, 0.2) is 23.3 Å². The van der Waals surface area contributed by atoms with Crippen LogP contribution < -0.4 is 0 Å². The quantitative estimate of drug-likeness (QED) is 0.459. The van der Waals surface area contributed by atoms with Crippen molar-refractivity contribution in [3.05, 3.63) is 23.3 Å². The summed E-state index contributed by atoms with van der Waals surface area (Å²) in [5.74, 6) is -1.08. The Bertz CT molecular complexity index is 560. The van der Waals surface area contributed by atoms with Crippen molar-refractivity contribution >= 4 is 11.9 Å². The maximum absolute atomic E-state index is 12.2. The first-order chi connectivity index (χ1) is 11.3. The highest BCUT2D eigenvalue weighted by molar-refractivity contribution is 5.91. The Hall–Kier alpha value is -1.62. The van der Waals surface area contributed by atoms with E-state index in [0.717, 1.165) is 17.6 Å². The molecule has 5 nitrogen and oxygen atoms in total. The van der Waals surface area contributed by atoms with Crippen LogP contribution in [0.3, 0.4) is 0 Å². The normalized spacial score (nSPS) is 28.0. The van der Waals surface area contributed by atoms with Crippen molar-refractivity contribution in [1.29, 1.82) is 0 Å². The largest absolute Gasteiger partial charge is 0.458 e. The fraction of sp³-hybridized carbons (Fsp3) is 0.684. The average molecular weight is 336 g/mol. The van der Waals surface area contributed by atoms with E-state index in [0.29, 0.717) is 18.4 Å². The Kier molecular flexibility index (Phi) is 5.86. The molecule has 0 spiro atoms. The number of aliphatic hydroxyl groups excluding tert-OH is 1. The van der Waals surface area contributed by atoms with E-state index in [4.69, 9.17) is 14.6 Å². The van der Waals surface area contributed by atoms with Gasteiger partial charge in [-0.2, -0.15) is 0 Å². The minimum atomic E-state index is -0.508. The van der Waals surface area contributed by atoms with Crippen molar-refractivity contribution in [2.75, 3.05) is 6.61 Å². The van der Waals surface area contributed by atoms with E-state index in [1.807, 2.05) is 6.92 Å². The van der Waals surface area contributed by atoms with Crippen molar-refractivity contribution in [2.45, 2.75) is 59.2 Å². The Labute approximate surface area is 143 Å². The van der Waals surface area contributed by atoms with Gasteiger partial charge in [-0.3, -0.25) is 4.79 Å². The number of hydrogen-bond acceptors (Lipinski definition) is 5. The molecule has 0 aromatic carbocycles. The van der Waals surface area contributed by atoms with Crippen LogP contribution in [0.1, 0.15) is 47.0 Å². The molecule has 1 aliphatic heterocycles. The van der Waals surface area contributed by atoms with Crippen LogP contribution in [0.25, 0.3) is 0 Å². The fourth-order valence-electron chi connectivity index (χ4n) is 3.70. The van der Waals surface area contributed by atoms with Gasteiger partial charge in [0.05, 0.1) is 11.8 Å². The van der Waals surface area contributed by atoms with Gasteiger partial charge in [0.15, 0.2) is 0 Å². The number of carbonyl (C=O) groups is 2. The van der Waals surface area contributed by atoms with Crippen molar-refractivity contribution in [3.63, 3.8) is 0 Å². The van der Waals surface area contributed by atoms with Crippen LogP contribution >= 0.6 is 0 Å². The molecule has 1 fully saturated rings. The highest BCUT2D eigenvalue weighted by Crippen LogP contribution is 2.45. The molecule has 134 valence electrons. The second-order valence-corrected chi connectivity index (χ2v) is 7.21. The van der Waals surface area contributed by atoms with Crippen molar-refractivity contribution in [3.8, 4) is 0 Å². The first-order valence-corrected chi connectivity index (χ1v) is 8.68. The van der Waals surface area contributed by atoms with Crippen LogP contribution in [0.2, 0.25) is 0 Å². The molecule has 0 saturated carbocycles.